The van der Waals surface area contributed by atoms with Crippen molar-refractivity contribution in [3.05, 3.63) is 42.4 Å². The standard InChI is InChI=1S/C19H24N6O/c1-4-13(2)17-23-18(21-11-10-20-14(3)26)16-12-22-25(19(16)24-17)15-8-6-5-7-9-15/h5-9,12-13H,4,10-11H2,1-3H3,(H,20,26)(H,21,23,24). The van der Waals surface area contributed by atoms with E-state index < -0.39 is 0 Å². The van der Waals surface area contributed by atoms with Gasteiger partial charge in [0.1, 0.15) is 11.6 Å². The Morgan fingerprint density at radius 2 is 1.96 bits per heavy atom. The molecule has 0 radical (unpaired) electrons. The van der Waals surface area contributed by atoms with Crippen LogP contribution in [0.2, 0.25) is 0 Å². The van der Waals surface area contributed by atoms with Crippen LogP contribution in [0.1, 0.15) is 38.9 Å². The Bertz CT molecular complexity index is 890. The van der Waals surface area contributed by atoms with E-state index in [1.165, 1.54) is 6.92 Å². The second-order valence-electron chi connectivity index (χ2n) is 6.28. The fourth-order valence-corrected chi connectivity index (χ4v) is 2.64. The molecule has 0 spiro atoms. The molecular weight excluding hydrogens is 328 g/mol. The van der Waals surface area contributed by atoms with Gasteiger partial charge in [-0.05, 0) is 18.6 Å². The Balaban J connectivity index is 2.00. The van der Waals surface area contributed by atoms with Gasteiger partial charge < -0.3 is 10.6 Å². The molecule has 2 aromatic heterocycles. The van der Waals surface area contributed by atoms with Crippen LogP contribution < -0.4 is 10.6 Å². The molecule has 26 heavy (non-hydrogen) atoms. The molecule has 1 atom stereocenters. The number of carbonyl (C=O) groups excluding carboxylic acids is 1. The molecular formula is C19H24N6O. The highest BCUT2D eigenvalue weighted by molar-refractivity contribution is 5.87. The molecule has 0 fully saturated rings. The number of anilines is 1. The van der Waals surface area contributed by atoms with Crippen molar-refractivity contribution in [1.82, 2.24) is 25.1 Å². The summed E-state index contributed by atoms with van der Waals surface area (Å²) in [7, 11) is 0. The highest BCUT2D eigenvalue weighted by Crippen LogP contribution is 2.26. The normalized spacial score (nSPS) is 12.1. The summed E-state index contributed by atoms with van der Waals surface area (Å²) in [6, 6.07) is 9.94. The monoisotopic (exact) mass is 352 g/mol. The van der Waals surface area contributed by atoms with Crippen LogP contribution in [0.4, 0.5) is 5.82 Å². The minimum Gasteiger partial charge on any atom is -0.368 e. The zero-order valence-electron chi connectivity index (χ0n) is 15.4. The first-order valence-corrected chi connectivity index (χ1v) is 8.89. The molecule has 0 aliphatic carbocycles. The number of nitrogens with zero attached hydrogens (tertiary/aromatic N) is 4. The average Bonchev–Trinajstić information content (AvgIpc) is 3.09. The van der Waals surface area contributed by atoms with E-state index in [4.69, 9.17) is 9.97 Å². The van der Waals surface area contributed by atoms with Crippen LogP contribution >= 0.6 is 0 Å². The molecule has 0 bridgehead atoms. The number of carbonyl (C=O) groups is 1. The average molecular weight is 352 g/mol. The van der Waals surface area contributed by atoms with Gasteiger partial charge in [0.15, 0.2) is 5.65 Å². The van der Waals surface area contributed by atoms with E-state index >= 15 is 0 Å². The lowest BCUT2D eigenvalue weighted by atomic mass is 10.1. The first kappa shape index (κ1) is 17.8. The van der Waals surface area contributed by atoms with Gasteiger partial charge in [-0.15, -0.1) is 0 Å². The minimum atomic E-state index is -0.0446. The van der Waals surface area contributed by atoms with E-state index in [-0.39, 0.29) is 11.8 Å². The number of rotatable bonds is 7. The third-order valence-electron chi connectivity index (χ3n) is 4.29. The third-order valence-corrected chi connectivity index (χ3v) is 4.29. The fourth-order valence-electron chi connectivity index (χ4n) is 2.64. The van der Waals surface area contributed by atoms with Crippen molar-refractivity contribution in [3.63, 3.8) is 0 Å². The molecule has 1 amide bonds. The number of hydrogen-bond acceptors (Lipinski definition) is 5. The van der Waals surface area contributed by atoms with Gasteiger partial charge in [-0.1, -0.05) is 32.0 Å². The molecule has 0 aliphatic rings. The third kappa shape index (κ3) is 3.82. The number of nitrogens with one attached hydrogen (secondary N) is 2. The molecule has 3 rings (SSSR count). The number of para-hydroxylation sites is 1. The highest BCUT2D eigenvalue weighted by atomic mass is 16.1. The molecule has 3 aromatic rings. The molecule has 2 heterocycles. The Kier molecular flexibility index (Phi) is 5.46. The summed E-state index contributed by atoms with van der Waals surface area (Å²) in [6.07, 6.45) is 2.74. The predicted molar refractivity (Wildman–Crippen MR) is 103 cm³/mol. The molecule has 0 saturated carbocycles. The Morgan fingerprint density at radius 1 is 1.19 bits per heavy atom. The van der Waals surface area contributed by atoms with Crippen LogP contribution in [-0.4, -0.2) is 38.7 Å². The van der Waals surface area contributed by atoms with Gasteiger partial charge in [0.2, 0.25) is 5.91 Å². The van der Waals surface area contributed by atoms with Crippen molar-refractivity contribution in [2.24, 2.45) is 0 Å². The molecule has 7 nitrogen and oxygen atoms in total. The smallest absolute Gasteiger partial charge is 0.216 e. The van der Waals surface area contributed by atoms with Gasteiger partial charge in [-0.2, -0.15) is 5.10 Å². The van der Waals surface area contributed by atoms with Gasteiger partial charge in [0.05, 0.1) is 17.3 Å². The van der Waals surface area contributed by atoms with Crippen LogP contribution in [0.5, 0.6) is 0 Å². The maximum atomic E-state index is 11.0. The maximum absolute atomic E-state index is 11.0. The SMILES string of the molecule is CCC(C)c1nc(NCCNC(C)=O)c2cnn(-c3ccccc3)c2n1. The minimum absolute atomic E-state index is 0.0446. The summed E-state index contributed by atoms with van der Waals surface area (Å²) in [4.78, 5) is 20.5. The van der Waals surface area contributed by atoms with Crippen LogP contribution in [0.15, 0.2) is 36.5 Å². The zero-order chi connectivity index (χ0) is 18.5. The van der Waals surface area contributed by atoms with E-state index in [2.05, 4.69) is 29.6 Å². The van der Waals surface area contributed by atoms with Crippen LogP contribution in [-0.2, 0) is 4.79 Å². The van der Waals surface area contributed by atoms with E-state index in [0.29, 0.717) is 13.1 Å². The second-order valence-corrected chi connectivity index (χ2v) is 6.28. The largest absolute Gasteiger partial charge is 0.368 e. The molecule has 7 heteroatoms. The maximum Gasteiger partial charge on any atom is 0.216 e. The zero-order valence-corrected chi connectivity index (χ0v) is 15.4. The van der Waals surface area contributed by atoms with Crippen molar-refractivity contribution in [3.8, 4) is 5.69 Å². The summed E-state index contributed by atoms with van der Waals surface area (Å²) in [5.74, 6) is 1.74. The lowest BCUT2D eigenvalue weighted by molar-refractivity contribution is -0.118. The lowest BCUT2D eigenvalue weighted by Gasteiger charge is -2.13. The summed E-state index contributed by atoms with van der Waals surface area (Å²) < 4.78 is 1.84. The predicted octanol–water partition coefficient (Wildman–Crippen LogP) is 2.88. The van der Waals surface area contributed by atoms with Crippen molar-refractivity contribution >= 4 is 22.8 Å². The van der Waals surface area contributed by atoms with E-state index in [1.807, 2.05) is 35.0 Å². The molecule has 136 valence electrons. The summed E-state index contributed by atoms with van der Waals surface area (Å²) in [6.45, 7) is 6.87. The number of fused-ring (bicyclic) bond motifs is 1. The van der Waals surface area contributed by atoms with Crippen LogP contribution in [0.25, 0.3) is 16.7 Å². The van der Waals surface area contributed by atoms with E-state index in [0.717, 1.165) is 34.8 Å². The Morgan fingerprint density at radius 3 is 2.65 bits per heavy atom. The number of aromatic nitrogens is 4. The van der Waals surface area contributed by atoms with E-state index in [1.54, 1.807) is 6.20 Å². The second kappa shape index (κ2) is 7.95. The van der Waals surface area contributed by atoms with Gasteiger partial charge in [-0.3, -0.25) is 4.79 Å². The van der Waals surface area contributed by atoms with Gasteiger partial charge in [0, 0.05) is 25.9 Å². The van der Waals surface area contributed by atoms with E-state index in [9.17, 15) is 4.79 Å². The summed E-state index contributed by atoms with van der Waals surface area (Å²) >= 11 is 0. The Labute approximate surface area is 152 Å². The first-order valence-electron chi connectivity index (χ1n) is 8.89. The van der Waals surface area contributed by atoms with Crippen LogP contribution in [0, 0.1) is 0 Å². The van der Waals surface area contributed by atoms with Crippen molar-refractivity contribution in [1.29, 1.82) is 0 Å². The van der Waals surface area contributed by atoms with Gasteiger partial charge >= 0.3 is 0 Å². The molecule has 0 saturated heterocycles. The number of benzene rings is 1. The topological polar surface area (TPSA) is 84.7 Å². The molecule has 2 N–H and O–H groups in total. The summed E-state index contributed by atoms with van der Waals surface area (Å²) in [5, 5.41) is 11.5. The Hall–Kier alpha value is -2.96. The van der Waals surface area contributed by atoms with Gasteiger partial charge in [-0.25, -0.2) is 14.6 Å². The fraction of sp³-hybridized carbons (Fsp3) is 0.368. The molecule has 0 aliphatic heterocycles. The first-order chi connectivity index (χ1) is 12.6. The van der Waals surface area contributed by atoms with Crippen molar-refractivity contribution in [2.45, 2.75) is 33.1 Å². The molecule has 1 aromatic carbocycles. The van der Waals surface area contributed by atoms with Gasteiger partial charge in [0.25, 0.3) is 0 Å². The summed E-state index contributed by atoms with van der Waals surface area (Å²) in [5.41, 5.74) is 1.74. The van der Waals surface area contributed by atoms with Crippen molar-refractivity contribution in [2.75, 3.05) is 18.4 Å². The highest BCUT2D eigenvalue weighted by Gasteiger charge is 2.16. The van der Waals surface area contributed by atoms with Crippen LogP contribution in [0.3, 0.4) is 0 Å². The number of amides is 1. The quantitative estimate of drug-likeness (QED) is 0.639. The lowest BCUT2D eigenvalue weighted by Crippen LogP contribution is -2.26. The molecule has 1 unspecified atom stereocenters. The van der Waals surface area contributed by atoms with Crippen molar-refractivity contribution < 1.29 is 4.79 Å². The number of hydrogen-bond donors (Lipinski definition) is 2.